The van der Waals surface area contributed by atoms with Crippen molar-refractivity contribution in [3.8, 4) is 0 Å². The molecule has 3 fully saturated rings. The van der Waals surface area contributed by atoms with Gasteiger partial charge in [-0.3, -0.25) is 4.79 Å². The van der Waals surface area contributed by atoms with E-state index in [1.807, 2.05) is 29.2 Å². The van der Waals surface area contributed by atoms with Gasteiger partial charge in [0.2, 0.25) is 0 Å². The number of benzene rings is 2. The quantitative estimate of drug-likeness (QED) is 0.530. The number of hydrogen-bond acceptors (Lipinski definition) is 2. The fourth-order valence-electron chi connectivity index (χ4n) is 5.26. The van der Waals surface area contributed by atoms with Crippen LogP contribution in [0.15, 0.2) is 46.9 Å². The fourth-order valence-corrected chi connectivity index (χ4v) is 6.03. The number of carbonyl (C=O) groups excluding carboxylic acids is 2. The van der Waals surface area contributed by atoms with Gasteiger partial charge in [-0.2, -0.15) is 0 Å². The summed E-state index contributed by atoms with van der Waals surface area (Å²) in [5.41, 5.74) is 0.673. The molecule has 2 bridgehead atoms. The van der Waals surface area contributed by atoms with E-state index in [-0.39, 0.29) is 23.9 Å². The Hall–Kier alpha value is -1.56. The van der Waals surface area contributed by atoms with E-state index >= 15 is 0 Å². The molecule has 2 heterocycles. The minimum atomic E-state index is -0.817. The molecule has 4 nitrogen and oxygen atoms in total. The molecule has 3 aliphatic rings. The van der Waals surface area contributed by atoms with E-state index in [0.717, 1.165) is 29.3 Å². The Bertz CT molecular complexity index is 976. The Morgan fingerprint density at radius 1 is 1.04 bits per heavy atom. The second-order valence-corrected chi connectivity index (χ2v) is 9.60. The standard InChI is InChI=1S/C21H17BrCl2N2O2/c22-14-4-1-12(2-5-14)11-21-13-3-6-17(7-13)26(21)20(28)25(19(21)27)18-9-15(23)8-16(24)10-18/h1-2,4-5,8-10,13,17H,3,6-7,11H2/t13-,17+,21+/m1/s1. The van der Waals surface area contributed by atoms with Crippen LogP contribution in [-0.4, -0.2) is 28.4 Å². The van der Waals surface area contributed by atoms with Crippen molar-refractivity contribution >= 4 is 56.8 Å². The molecule has 1 saturated carbocycles. The van der Waals surface area contributed by atoms with Gasteiger partial charge in [0.05, 0.1) is 5.69 Å². The van der Waals surface area contributed by atoms with Crippen LogP contribution in [0.2, 0.25) is 10.0 Å². The molecule has 0 radical (unpaired) electrons. The summed E-state index contributed by atoms with van der Waals surface area (Å²) in [6.45, 7) is 0. The zero-order chi connectivity index (χ0) is 19.6. The SMILES string of the molecule is O=C1N(c2cc(Cl)cc(Cl)c2)C(=O)[C@]2(Cc3ccc(Br)cc3)[C@@H]3CC[C@@H](C3)N12. The van der Waals surface area contributed by atoms with E-state index in [1.54, 1.807) is 18.2 Å². The molecular weight excluding hydrogens is 463 g/mol. The Morgan fingerprint density at radius 3 is 2.39 bits per heavy atom. The average Bonchev–Trinajstić information content (AvgIpc) is 3.28. The molecule has 2 aliphatic heterocycles. The number of amides is 3. The minimum absolute atomic E-state index is 0.122. The van der Waals surface area contributed by atoms with Crippen molar-refractivity contribution in [2.24, 2.45) is 5.92 Å². The van der Waals surface area contributed by atoms with Crippen LogP contribution in [0, 0.1) is 5.92 Å². The predicted octanol–water partition coefficient (Wildman–Crippen LogP) is 5.69. The maximum Gasteiger partial charge on any atom is 0.332 e. The van der Waals surface area contributed by atoms with Gasteiger partial charge in [-0.25, -0.2) is 9.69 Å². The number of fused-ring (bicyclic) bond motifs is 5. The van der Waals surface area contributed by atoms with E-state index in [1.165, 1.54) is 4.90 Å². The first-order chi connectivity index (χ1) is 13.4. The number of nitrogens with zero attached hydrogens (tertiary/aromatic N) is 2. The smallest absolute Gasteiger partial charge is 0.306 e. The van der Waals surface area contributed by atoms with E-state index in [4.69, 9.17) is 23.2 Å². The fraction of sp³-hybridized carbons (Fsp3) is 0.333. The Morgan fingerprint density at radius 2 is 1.71 bits per heavy atom. The maximum absolute atomic E-state index is 13.8. The van der Waals surface area contributed by atoms with Crippen molar-refractivity contribution in [1.82, 2.24) is 4.90 Å². The third-order valence-corrected chi connectivity index (χ3v) is 7.30. The van der Waals surface area contributed by atoms with Crippen LogP contribution in [0.5, 0.6) is 0 Å². The molecule has 0 N–H and O–H groups in total. The lowest BCUT2D eigenvalue weighted by molar-refractivity contribution is -0.127. The summed E-state index contributed by atoms with van der Waals surface area (Å²) in [6, 6.07) is 12.7. The molecule has 2 aromatic rings. The average molecular weight is 480 g/mol. The summed E-state index contributed by atoms with van der Waals surface area (Å²) >= 11 is 15.7. The molecular formula is C21H17BrCl2N2O2. The van der Waals surface area contributed by atoms with Crippen LogP contribution in [0.3, 0.4) is 0 Å². The van der Waals surface area contributed by atoms with Gasteiger partial charge in [-0.15, -0.1) is 0 Å². The summed E-state index contributed by atoms with van der Waals surface area (Å²) in [7, 11) is 0. The molecule has 144 valence electrons. The molecule has 1 aliphatic carbocycles. The number of carbonyl (C=O) groups is 2. The van der Waals surface area contributed by atoms with Gasteiger partial charge in [-0.1, -0.05) is 51.3 Å². The molecule has 7 heteroatoms. The Labute approximate surface area is 181 Å². The highest BCUT2D eigenvalue weighted by Crippen LogP contribution is 2.55. The summed E-state index contributed by atoms with van der Waals surface area (Å²) in [5.74, 6) is 0.0169. The maximum atomic E-state index is 13.8. The third-order valence-electron chi connectivity index (χ3n) is 6.34. The van der Waals surface area contributed by atoms with Crippen LogP contribution in [0.4, 0.5) is 10.5 Å². The first-order valence-electron chi connectivity index (χ1n) is 9.28. The molecule has 3 amide bonds. The Kier molecular flexibility index (Phi) is 4.27. The molecule has 28 heavy (non-hydrogen) atoms. The second kappa shape index (κ2) is 6.48. The van der Waals surface area contributed by atoms with Gasteiger partial charge in [0.25, 0.3) is 5.91 Å². The molecule has 2 saturated heterocycles. The Balaban J connectivity index is 1.61. The summed E-state index contributed by atoms with van der Waals surface area (Å²) in [4.78, 5) is 30.3. The zero-order valence-electron chi connectivity index (χ0n) is 14.9. The van der Waals surface area contributed by atoms with Crippen LogP contribution in [0.1, 0.15) is 24.8 Å². The van der Waals surface area contributed by atoms with Gasteiger partial charge in [0.15, 0.2) is 0 Å². The van der Waals surface area contributed by atoms with Crippen molar-refractivity contribution < 1.29 is 9.59 Å². The van der Waals surface area contributed by atoms with Gasteiger partial charge >= 0.3 is 6.03 Å². The van der Waals surface area contributed by atoms with E-state index in [0.29, 0.717) is 22.2 Å². The zero-order valence-corrected chi connectivity index (χ0v) is 18.0. The number of urea groups is 1. The van der Waals surface area contributed by atoms with Crippen LogP contribution >= 0.6 is 39.1 Å². The topological polar surface area (TPSA) is 40.6 Å². The van der Waals surface area contributed by atoms with Crippen LogP contribution < -0.4 is 4.90 Å². The summed E-state index contributed by atoms with van der Waals surface area (Å²) in [5, 5.41) is 0.806. The number of hydrogen-bond donors (Lipinski definition) is 0. The molecule has 2 aromatic carbocycles. The molecule has 0 aromatic heterocycles. The van der Waals surface area contributed by atoms with Crippen LogP contribution in [0.25, 0.3) is 0 Å². The highest BCUT2D eigenvalue weighted by atomic mass is 79.9. The van der Waals surface area contributed by atoms with Crippen molar-refractivity contribution in [2.45, 2.75) is 37.3 Å². The first-order valence-corrected chi connectivity index (χ1v) is 10.8. The molecule has 5 rings (SSSR count). The molecule has 0 spiro atoms. The van der Waals surface area contributed by atoms with Crippen molar-refractivity contribution in [1.29, 1.82) is 0 Å². The normalized spacial score (nSPS) is 28.4. The summed E-state index contributed by atoms with van der Waals surface area (Å²) < 4.78 is 0.988. The van der Waals surface area contributed by atoms with Crippen molar-refractivity contribution in [3.63, 3.8) is 0 Å². The van der Waals surface area contributed by atoms with E-state index < -0.39 is 5.54 Å². The highest BCUT2D eigenvalue weighted by Gasteiger charge is 2.69. The van der Waals surface area contributed by atoms with Crippen LogP contribution in [-0.2, 0) is 11.2 Å². The van der Waals surface area contributed by atoms with Crippen molar-refractivity contribution in [3.05, 3.63) is 62.5 Å². The van der Waals surface area contributed by atoms with Gasteiger partial charge in [-0.05, 0) is 61.1 Å². The number of halogens is 3. The largest absolute Gasteiger partial charge is 0.332 e. The monoisotopic (exact) mass is 478 g/mol. The lowest BCUT2D eigenvalue weighted by atomic mass is 9.78. The third kappa shape index (κ3) is 2.56. The minimum Gasteiger partial charge on any atom is -0.306 e. The summed E-state index contributed by atoms with van der Waals surface area (Å²) in [6.07, 6.45) is 3.35. The lowest BCUT2D eigenvalue weighted by Gasteiger charge is -2.38. The number of anilines is 1. The number of imide groups is 1. The molecule has 0 unspecified atom stereocenters. The van der Waals surface area contributed by atoms with E-state index in [9.17, 15) is 9.59 Å². The number of rotatable bonds is 3. The molecule has 3 atom stereocenters. The highest BCUT2D eigenvalue weighted by molar-refractivity contribution is 9.10. The first kappa shape index (κ1) is 18.5. The van der Waals surface area contributed by atoms with Gasteiger partial charge in [0, 0.05) is 27.0 Å². The van der Waals surface area contributed by atoms with Gasteiger partial charge in [0.1, 0.15) is 5.54 Å². The number of piperidine rings is 1. The van der Waals surface area contributed by atoms with Crippen molar-refractivity contribution in [2.75, 3.05) is 4.90 Å². The second-order valence-electron chi connectivity index (χ2n) is 7.81. The predicted molar refractivity (Wildman–Crippen MR) is 113 cm³/mol. The lowest BCUT2D eigenvalue weighted by Crippen LogP contribution is -2.55. The van der Waals surface area contributed by atoms with E-state index in [2.05, 4.69) is 15.9 Å². The van der Waals surface area contributed by atoms with Gasteiger partial charge < -0.3 is 4.90 Å².